The first-order chi connectivity index (χ1) is 7.20. The summed E-state index contributed by atoms with van der Waals surface area (Å²) >= 11 is 0. The summed E-state index contributed by atoms with van der Waals surface area (Å²) in [7, 11) is 0. The van der Waals surface area contributed by atoms with E-state index in [1.165, 1.54) is 24.6 Å². The molecular weight excluding hydrogens is 199 g/mol. The third-order valence-corrected chi connectivity index (χ3v) is 1.94. The standard InChI is InChI=1S/C10H7FN2O2/c11-9-7(2-1-4-13-9)6-3-5-15-8(6)10(12)14/h1-5H,(H2,12,14). The van der Waals surface area contributed by atoms with Gasteiger partial charge in [0.05, 0.1) is 6.26 Å². The molecule has 0 aliphatic rings. The van der Waals surface area contributed by atoms with Crippen molar-refractivity contribution in [3.05, 3.63) is 42.4 Å². The van der Waals surface area contributed by atoms with Gasteiger partial charge in [-0.15, -0.1) is 0 Å². The molecule has 0 aliphatic heterocycles. The molecule has 2 rings (SSSR count). The highest BCUT2D eigenvalue weighted by Gasteiger charge is 2.16. The predicted octanol–water partition coefficient (Wildman–Crippen LogP) is 1.58. The fraction of sp³-hybridized carbons (Fsp3) is 0. The van der Waals surface area contributed by atoms with Crippen molar-refractivity contribution >= 4 is 5.91 Å². The lowest BCUT2D eigenvalue weighted by Gasteiger charge is -1.99. The van der Waals surface area contributed by atoms with Gasteiger partial charge < -0.3 is 10.2 Å². The molecule has 2 aromatic rings. The zero-order chi connectivity index (χ0) is 10.8. The van der Waals surface area contributed by atoms with Crippen LogP contribution in [-0.4, -0.2) is 10.9 Å². The van der Waals surface area contributed by atoms with E-state index < -0.39 is 11.9 Å². The summed E-state index contributed by atoms with van der Waals surface area (Å²) in [5.41, 5.74) is 5.58. The summed E-state index contributed by atoms with van der Waals surface area (Å²) in [6, 6.07) is 4.54. The van der Waals surface area contributed by atoms with Gasteiger partial charge in [-0.3, -0.25) is 4.79 Å². The second-order valence-electron chi connectivity index (χ2n) is 2.87. The summed E-state index contributed by atoms with van der Waals surface area (Å²) in [6.45, 7) is 0. The highest BCUT2D eigenvalue weighted by Crippen LogP contribution is 2.25. The van der Waals surface area contributed by atoms with Gasteiger partial charge in [-0.25, -0.2) is 4.98 Å². The van der Waals surface area contributed by atoms with E-state index in [1.807, 2.05) is 0 Å². The molecule has 0 spiro atoms. The second-order valence-corrected chi connectivity index (χ2v) is 2.87. The molecule has 0 radical (unpaired) electrons. The van der Waals surface area contributed by atoms with Crippen LogP contribution in [0.15, 0.2) is 35.1 Å². The minimum atomic E-state index is -0.738. The predicted molar refractivity (Wildman–Crippen MR) is 50.4 cm³/mol. The summed E-state index contributed by atoms with van der Waals surface area (Å²) in [5.74, 6) is -1.47. The maximum atomic E-state index is 13.3. The van der Waals surface area contributed by atoms with Crippen molar-refractivity contribution in [2.45, 2.75) is 0 Å². The van der Waals surface area contributed by atoms with E-state index in [9.17, 15) is 9.18 Å². The number of pyridine rings is 1. The summed E-state index contributed by atoms with van der Waals surface area (Å²) in [5, 5.41) is 0. The van der Waals surface area contributed by atoms with Gasteiger partial charge in [0.25, 0.3) is 5.91 Å². The first kappa shape index (κ1) is 9.39. The van der Waals surface area contributed by atoms with Gasteiger partial charge in [0.1, 0.15) is 0 Å². The van der Waals surface area contributed by atoms with Crippen LogP contribution in [0.3, 0.4) is 0 Å². The zero-order valence-corrected chi connectivity index (χ0v) is 7.61. The van der Waals surface area contributed by atoms with Crippen LogP contribution in [0.25, 0.3) is 11.1 Å². The Balaban J connectivity index is 2.59. The number of nitrogens with zero attached hydrogens (tertiary/aromatic N) is 1. The van der Waals surface area contributed by atoms with E-state index in [0.717, 1.165) is 0 Å². The zero-order valence-electron chi connectivity index (χ0n) is 7.61. The summed E-state index contributed by atoms with van der Waals surface area (Å²) < 4.78 is 18.2. The highest BCUT2D eigenvalue weighted by atomic mass is 19.1. The van der Waals surface area contributed by atoms with Gasteiger partial charge >= 0.3 is 0 Å². The third-order valence-electron chi connectivity index (χ3n) is 1.94. The Hall–Kier alpha value is -2.17. The molecule has 0 atom stereocenters. The monoisotopic (exact) mass is 206 g/mol. The number of hydrogen-bond donors (Lipinski definition) is 1. The molecule has 0 saturated carbocycles. The van der Waals surface area contributed by atoms with Crippen molar-refractivity contribution < 1.29 is 13.6 Å². The minimum absolute atomic E-state index is 0.0677. The molecule has 1 amide bonds. The molecule has 2 N–H and O–H groups in total. The summed E-state index contributed by atoms with van der Waals surface area (Å²) in [4.78, 5) is 14.4. The van der Waals surface area contributed by atoms with Crippen LogP contribution in [0.1, 0.15) is 10.6 Å². The van der Waals surface area contributed by atoms with Gasteiger partial charge in [-0.05, 0) is 18.2 Å². The molecule has 0 aliphatic carbocycles. The number of hydrogen-bond acceptors (Lipinski definition) is 3. The first-order valence-electron chi connectivity index (χ1n) is 4.18. The maximum Gasteiger partial charge on any atom is 0.285 e. The summed E-state index contributed by atoms with van der Waals surface area (Å²) in [6.07, 6.45) is 2.60. The lowest BCUT2D eigenvalue weighted by atomic mass is 10.1. The second kappa shape index (κ2) is 3.53. The minimum Gasteiger partial charge on any atom is -0.459 e. The maximum absolute atomic E-state index is 13.3. The Labute approximate surface area is 84.5 Å². The fourth-order valence-electron chi connectivity index (χ4n) is 1.30. The molecule has 76 valence electrons. The van der Waals surface area contributed by atoms with Crippen molar-refractivity contribution in [1.29, 1.82) is 0 Å². The van der Waals surface area contributed by atoms with Crippen LogP contribution in [0.5, 0.6) is 0 Å². The average molecular weight is 206 g/mol. The topological polar surface area (TPSA) is 69.1 Å². The molecular formula is C10H7FN2O2. The molecule has 15 heavy (non-hydrogen) atoms. The van der Waals surface area contributed by atoms with E-state index >= 15 is 0 Å². The van der Waals surface area contributed by atoms with E-state index in [4.69, 9.17) is 10.2 Å². The number of amides is 1. The molecule has 0 saturated heterocycles. The highest BCUT2D eigenvalue weighted by molar-refractivity contribution is 5.97. The van der Waals surface area contributed by atoms with Gasteiger partial charge in [0.15, 0.2) is 5.76 Å². The van der Waals surface area contributed by atoms with Gasteiger partial charge in [0, 0.05) is 17.3 Å². The van der Waals surface area contributed by atoms with Crippen molar-refractivity contribution in [2.75, 3.05) is 0 Å². The van der Waals surface area contributed by atoms with Gasteiger partial charge in [-0.2, -0.15) is 4.39 Å². The SMILES string of the molecule is NC(=O)c1occc1-c1cccnc1F. The van der Waals surface area contributed by atoms with E-state index in [1.54, 1.807) is 6.07 Å². The Morgan fingerprint density at radius 2 is 2.20 bits per heavy atom. The number of rotatable bonds is 2. The molecule has 0 fully saturated rings. The lowest BCUT2D eigenvalue weighted by molar-refractivity contribution is 0.0975. The molecule has 0 unspecified atom stereocenters. The van der Waals surface area contributed by atoms with Crippen LogP contribution in [0, 0.1) is 5.95 Å². The van der Waals surface area contributed by atoms with Gasteiger partial charge in [0.2, 0.25) is 5.95 Å². The fourth-order valence-corrected chi connectivity index (χ4v) is 1.30. The number of nitrogens with two attached hydrogens (primary N) is 1. The average Bonchev–Trinajstić information content (AvgIpc) is 2.67. The van der Waals surface area contributed by atoms with Crippen molar-refractivity contribution in [1.82, 2.24) is 4.98 Å². The number of primary amides is 1. The van der Waals surface area contributed by atoms with Crippen LogP contribution in [0.2, 0.25) is 0 Å². The number of aromatic nitrogens is 1. The Bertz CT molecular complexity index is 508. The van der Waals surface area contributed by atoms with Crippen molar-refractivity contribution in [3.63, 3.8) is 0 Å². The first-order valence-corrected chi connectivity index (χ1v) is 4.18. The van der Waals surface area contributed by atoms with Crippen LogP contribution in [-0.2, 0) is 0 Å². The van der Waals surface area contributed by atoms with E-state index in [-0.39, 0.29) is 11.3 Å². The lowest BCUT2D eigenvalue weighted by Crippen LogP contribution is -2.11. The molecule has 4 nitrogen and oxygen atoms in total. The van der Waals surface area contributed by atoms with E-state index in [2.05, 4.69) is 4.98 Å². The van der Waals surface area contributed by atoms with Crippen LogP contribution >= 0.6 is 0 Å². The third kappa shape index (κ3) is 1.59. The number of carbonyl (C=O) groups excluding carboxylic acids is 1. The van der Waals surface area contributed by atoms with Gasteiger partial charge in [-0.1, -0.05) is 0 Å². The molecule has 2 heterocycles. The molecule has 2 aromatic heterocycles. The Morgan fingerprint density at radius 1 is 1.40 bits per heavy atom. The van der Waals surface area contributed by atoms with E-state index in [0.29, 0.717) is 5.56 Å². The van der Waals surface area contributed by atoms with Crippen molar-refractivity contribution in [2.24, 2.45) is 5.73 Å². The number of carbonyl (C=O) groups is 1. The molecule has 5 heteroatoms. The largest absolute Gasteiger partial charge is 0.459 e. The number of halogens is 1. The van der Waals surface area contributed by atoms with Crippen LogP contribution < -0.4 is 5.73 Å². The Kier molecular flexibility index (Phi) is 2.21. The normalized spacial score (nSPS) is 10.2. The quantitative estimate of drug-likeness (QED) is 0.758. The Morgan fingerprint density at radius 3 is 2.87 bits per heavy atom. The molecule has 0 aromatic carbocycles. The van der Waals surface area contributed by atoms with Crippen molar-refractivity contribution in [3.8, 4) is 11.1 Å². The molecule has 0 bridgehead atoms. The number of furan rings is 1. The smallest absolute Gasteiger partial charge is 0.285 e. The van der Waals surface area contributed by atoms with Crippen LogP contribution in [0.4, 0.5) is 4.39 Å².